The Balaban J connectivity index is 1.69. The highest BCUT2D eigenvalue weighted by Gasteiger charge is 2.16. The largest absolute Gasteiger partial charge is 0.378 e. The van der Waals surface area contributed by atoms with E-state index in [1.807, 2.05) is 29.3 Å². The van der Waals surface area contributed by atoms with Gasteiger partial charge in [0.2, 0.25) is 0 Å². The van der Waals surface area contributed by atoms with Gasteiger partial charge in [-0.15, -0.1) is 0 Å². The van der Waals surface area contributed by atoms with E-state index in [0.717, 1.165) is 54.4 Å². The van der Waals surface area contributed by atoms with Crippen molar-refractivity contribution in [3.05, 3.63) is 48.2 Å². The number of rotatable bonds is 4. The van der Waals surface area contributed by atoms with Crippen LogP contribution in [0.15, 0.2) is 47.8 Å². The van der Waals surface area contributed by atoms with Crippen molar-refractivity contribution < 1.29 is 4.74 Å². The van der Waals surface area contributed by atoms with Crippen molar-refractivity contribution in [3.8, 4) is 17.1 Å². The van der Waals surface area contributed by atoms with Crippen LogP contribution in [0.3, 0.4) is 0 Å². The molecule has 1 saturated heterocycles. The first kappa shape index (κ1) is 17.1. The Bertz CT molecular complexity index is 904. The topological polar surface area (TPSA) is 56.1 Å². The minimum Gasteiger partial charge on any atom is -0.378 e. The molecule has 7 heteroatoms. The van der Waals surface area contributed by atoms with Crippen molar-refractivity contribution in [2.45, 2.75) is 12.1 Å². The highest BCUT2D eigenvalue weighted by Crippen LogP contribution is 2.23. The molecule has 1 aliphatic rings. The zero-order valence-corrected chi connectivity index (χ0v) is 15.7. The summed E-state index contributed by atoms with van der Waals surface area (Å²) in [6.45, 7) is 5.24. The summed E-state index contributed by atoms with van der Waals surface area (Å²) in [6, 6.07) is 12.4. The van der Waals surface area contributed by atoms with Gasteiger partial charge < -0.3 is 9.64 Å². The maximum atomic E-state index is 5.45. The van der Waals surface area contributed by atoms with E-state index in [4.69, 9.17) is 9.84 Å². The molecular formula is C19H21N5OS. The molecule has 0 bridgehead atoms. The van der Waals surface area contributed by atoms with Crippen molar-refractivity contribution in [1.29, 1.82) is 0 Å². The quantitative estimate of drug-likeness (QED) is 0.521. The Hall–Kier alpha value is -2.38. The Morgan fingerprint density at radius 3 is 2.62 bits per heavy atom. The first-order chi connectivity index (χ1) is 12.7. The monoisotopic (exact) mass is 367 g/mol. The molecule has 3 heterocycles. The lowest BCUT2D eigenvalue weighted by Gasteiger charge is -2.28. The number of thioether (sulfide) groups is 1. The number of morpholine rings is 1. The van der Waals surface area contributed by atoms with Gasteiger partial charge in [0.25, 0.3) is 0 Å². The molecule has 0 radical (unpaired) electrons. The highest BCUT2D eigenvalue weighted by atomic mass is 32.2. The Morgan fingerprint density at radius 2 is 1.85 bits per heavy atom. The van der Waals surface area contributed by atoms with Crippen LogP contribution >= 0.6 is 11.8 Å². The number of hydrogen-bond acceptors (Lipinski definition) is 6. The van der Waals surface area contributed by atoms with Crippen LogP contribution in [0.2, 0.25) is 0 Å². The van der Waals surface area contributed by atoms with Gasteiger partial charge in [0, 0.05) is 30.9 Å². The number of nitrogens with zero attached hydrogens (tertiary/aromatic N) is 5. The maximum Gasteiger partial charge on any atom is 0.191 e. The second-order valence-electron chi connectivity index (χ2n) is 6.19. The van der Waals surface area contributed by atoms with Crippen LogP contribution in [0.1, 0.15) is 5.56 Å². The second kappa shape index (κ2) is 7.47. The van der Waals surface area contributed by atoms with Crippen LogP contribution in [0.4, 0.5) is 5.82 Å². The van der Waals surface area contributed by atoms with E-state index in [1.54, 1.807) is 0 Å². The zero-order chi connectivity index (χ0) is 17.9. The third kappa shape index (κ3) is 3.59. The number of hydrogen-bond donors (Lipinski definition) is 0. The SMILES string of the molecule is CSc1nc(N2CCOCC2)cc(-n2ccc(-c3cccc(C)c3)n2)n1. The average molecular weight is 367 g/mol. The Labute approximate surface area is 157 Å². The van der Waals surface area contributed by atoms with Gasteiger partial charge in [-0.2, -0.15) is 5.10 Å². The summed E-state index contributed by atoms with van der Waals surface area (Å²) in [5.74, 6) is 1.71. The summed E-state index contributed by atoms with van der Waals surface area (Å²) < 4.78 is 7.27. The van der Waals surface area contributed by atoms with Crippen LogP contribution in [0.25, 0.3) is 17.1 Å². The summed E-state index contributed by atoms with van der Waals surface area (Å²) in [4.78, 5) is 11.5. The fourth-order valence-electron chi connectivity index (χ4n) is 2.97. The van der Waals surface area contributed by atoms with Gasteiger partial charge in [0.05, 0.1) is 18.9 Å². The molecule has 3 aromatic rings. The Morgan fingerprint density at radius 1 is 1.04 bits per heavy atom. The smallest absolute Gasteiger partial charge is 0.191 e. The van der Waals surface area contributed by atoms with Crippen LogP contribution in [0.5, 0.6) is 0 Å². The van der Waals surface area contributed by atoms with Gasteiger partial charge in [-0.3, -0.25) is 0 Å². The van der Waals surface area contributed by atoms with Gasteiger partial charge in [-0.05, 0) is 25.3 Å². The van der Waals surface area contributed by atoms with E-state index in [-0.39, 0.29) is 0 Å². The van der Waals surface area contributed by atoms with E-state index >= 15 is 0 Å². The molecule has 1 aliphatic heterocycles. The van der Waals surface area contributed by atoms with Gasteiger partial charge in [-0.1, -0.05) is 35.5 Å². The maximum absolute atomic E-state index is 5.45. The first-order valence-corrected chi connectivity index (χ1v) is 9.84. The molecule has 4 rings (SSSR count). The Kier molecular flexibility index (Phi) is 4.90. The zero-order valence-electron chi connectivity index (χ0n) is 14.9. The lowest BCUT2D eigenvalue weighted by Crippen LogP contribution is -2.37. The highest BCUT2D eigenvalue weighted by molar-refractivity contribution is 7.98. The van der Waals surface area contributed by atoms with Crippen LogP contribution in [-0.4, -0.2) is 52.3 Å². The number of anilines is 1. The molecule has 1 aromatic carbocycles. The standard InChI is InChI=1S/C19H21N5OS/c1-14-4-3-5-15(12-14)16-6-7-24(22-16)18-13-17(20-19(21-18)26-2)23-8-10-25-11-9-23/h3-7,12-13H,8-11H2,1-2H3. The van der Waals surface area contributed by atoms with Crippen molar-refractivity contribution in [2.75, 3.05) is 37.5 Å². The summed E-state index contributed by atoms with van der Waals surface area (Å²) in [7, 11) is 0. The van der Waals surface area contributed by atoms with Gasteiger partial charge in [0.1, 0.15) is 5.82 Å². The molecule has 134 valence electrons. The van der Waals surface area contributed by atoms with Gasteiger partial charge >= 0.3 is 0 Å². The molecule has 1 fully saturated rings. The van der Waals surface area contributed by atoms with E-state index in [0.29, 0.717) is 0 Å². The molecule has 2 aromatic heterocycles. The first-order valence-electron chi connectivity index (χ1n) is 8.62. The van der Waals surface area contributed by atoms with Crippen molar-refractivity contribution >= 4 is 17.6 Å². The molecule has 6 nitrogen and oxygen atoms in total. The van der Waals surface area contributed by atoms with Crippen LogP contribution in [-0.2, 0) is 4.74 Å². The molecule has 0 saturated carbocycles. The number of aryl methyl sites for hydroxylation is 1. The normalized spacial score (nSPS) is 14.6. The third-order valence-corrected chi connectivity index (χ3v) is 4.88. The molecule has 26 heavy (non-hydrogen) atoms. The van der Waals surface area contributed by atoms with Crippen LogP contribution in [0, 0.1) is 6.92 Å². The predicted octanol–water partition coefficient (Wildman–Crippen LogP) is 3.20. The van der Waals surface area contributed by atoms with E-state index < -0.39 is 0 Å². The van der Waals surface area contributed by atoms with E-state index in [2.05, 4.69) is 46.1 Å². The summed E-state index contributed by atoms with van der Waals surface area (Å²) in [6.07, 6.45) is 3.94. The third-order valence-electron chi connectivity index (χ3n) is 4.33. The second-order valence-corrected chi connectivity index (χ2v) is 6.96. The predicted molar refractivity (Wildman–Crippen MR) is 104 cm³/mol. The number of aromatic nitrogens is 4. The lowest BCUT2D eigenvalue weighted by molar-refractivity contribution is 0.122. The van der Waals surface area contributed by atoms with Crippen molar-refractivity contribution in [1.82, 2.24) is 19.7 Å². The minimum absolute atomic E-state index is 0.729. The molecule has 0 N–H and O–H groups in total. The van der Waals surface area contributed by atoms with Crippen molar-refractivity contribution in [3.63, 3.8) is 0 Å². The fraction of sp³-hybridized carbons (Fsp3) is 0.316. The lowest BCUT2D eigenvalue weighted by atomic mass is 10.1. The van der Waals surface area contributed by atoms with Crippen molar-refractivity contribution in [2.24, 2.45) is 0 Å². The average Bonchev–Trinajstić information content (AvgIpc) is 3.19. The summed E-state index contributed by atoms with van der Waals surface area (Å²) in [5, 5.41) is 5.47. The van der Waals surface area contributed by atoms with Gasteiger partial charge in [0.15, 0.2) is 11.0 Å². The number of ether oxygens (including phenoxy) is 1. The molecule has 0 aliphatic carbocycles. The molecule has 0 amide bonds. The molecule has 0 unspecified atom stereocenters. The number of benzene rings is 1. The summed E-state index contributed by atoms with van der Waals surface area (Å²) in [5.41, 5.74) is 3.26. The molecule has 0 atom stereocenters. The fourth-order valence-corrected chi connectivity index (χ4v) is 3.34. The molecular weight excluding hydrogens is 346 g/mol. The van der Waals surface area contributed by atoms with Gasteiger partial charge in [-0.25, -0.2) is 14.6 Å². The van der Waals surface area contributed by atoms with E-state index in [1.165, 1.54) is 17.3 Å². The molecule has 0 spiro atoms. The van der Waals surface area contributed by atoms with Crippen LogP contribution < -0.4 is 4.90 Å². The summed E-state index contributed by atoms with van der Waals surface area (Å²) >= 11 is 1.54. The minimum atomic E-state index is 0.729. The van der Waals surface area contributed by atoms with E-state index in [9.17, 15) is 0 Å².